The zero-order valence-electron chi connectivity index (χ0n) is 33.8. The quantitative estimate of drug-likeness (QED) is 0.0808. The summed E-state index contributed by atoms with van der Waals surface area (Å²) in [6.45, 7) is 3.32. The van der Waals surface area contributed by atoms with E-state index in [0.717, 1.165) is 67.8 Å². The van der Waals surface area contributed by atoms with Crippen LogP contribution in [0.25, 0.3) is 16.9 Å². The topological polar surface area (TPSA) is 204 Å². The minimum Gasteiger partial charge on any atom is -0.384 e. The van der Waals surface area contributed by atoms with E-state index in [1.807, 2.05) is 47.4 Å². The molecule has 1 atom stereocenters. The first-order valence-electron chi connectivity index (χ1n) is 20.6. The molecular weight excluding hydrogens is 799 g/mol. The van der Waals surface area contributed by atoms with E-state index >= 15 is 0 Å². The molecule has 0 radical (unpaired) electrons. The molecule has 0 bridgehead atoms. The molecule has 2 saturated heterocycles. The van der Waals surface area contributed by atoms with Gasteiger partial charge in [0, 0.05) is 68.8 Å². The van der Waals surface area contributed by atoms with Crippen LogP contribution in [-0.2, 0) is 24.2 Å². The van der Waals surface area contributed by atoms with Crippen LogP contribution in [-0.4, -0.2) is 96.4 Å². The number of pyridine rings is 1. The average Bonchev–Trinajstić information content (AvgIpc) is 3.80. The number of hydrogen-bond acceptors (Lipinski definition) is 12. The van der Waals surface area contributed by atoms with E-state index in [9.17, 15) is 32.4 Å². The third-order valence-corrected chi connectivity index (χ3v) is 12.6. The molecular formula is C44H47N9O7S. The number of rotatable bonds is 15. The first-order chi connectivity index (χ1) is 29.4. The van der Waals surface area contributed by atoms with E-state index in [1.54, 1.807) is 40.9 Å². The van der Waals surface area contributed by atoms with Crippen LogP contribution in [0.2, 0.25) is 0 Å². The maximum absolute atomic E-state index is 13.1. The van der Waals surface area contributed by atoms with Crippen molar-refractivity contribution >= 4 is 68.0 Å². The zero-order valence-corrected chi connectivity index (χ0v) is 34.6. The number of unbranched alkanes of at least 4 members (excludes halogenated alkanes) is 4. The van der Waals surface area contributed by atoms with Crippen LogP contribution < -0.4 is 26.2 Å². The van der Waals surface area contributed by atoms with E-state index in [4.69, 9.17) is 0 Å². The minimum atomic E-state index is -3.30. The van der Waals surface area contributed by atoms with Gasteiger partial charge in [0.25, 0.3) is 11.8 Å². The normalized spacial score (nSPS) is 16.7. The van der Waals surface area contributed by atoms with Crippen LogP contribution >= 0.6 is 0 Å². The lowest BCUT2D eigenvalue weighted by molar-refractivity contribution is -0.134. The highest BCUT2D eigenvalue weighted by atomic mass is 32.2. The van der Waals surface area contributed by atoms with Crippen molar-refractivity contribution < 1.29 is 32.4 Å². The third-order valence-electron chi connectivity index (χ3n) is 11.5. The SMILES string of the molecule is CS(=O)(=O)c1ccc(-c2cccc3nc(Nc4ccc(N5CCN(C(=O)CCCCCCCNc6c(C7CCC(=O)NC7=O)ccc7c6C(=O)NC7=O)CC5)cc4)nn23)cc1. The predicted molar refractivity (Wildman–Crippen MR) is 230 cm³/mol. The number of anilines is 4. The van der Waals surface area contributed by atoms with Gasteiger partial charge in [-0.15, -0.1) is 5.10 Å². The molecule has 0 saturated carbocycles. The van der Waals surface area contributed by atoms with Crippen LogP contribution in [0.15, 0.2) is 83.8 Å². The molecule has 2 aromatic heterocycles. The Morgan fingerprint density at radius 3 is 2.30 bits per heavy atom. The lowest BCUT2D eigenvalue weighted by Crippen LogP contribution is -2.48. The Morgan fingerprint density at radius 2 is 1.56 bits per heavy atom. The van der Waals surface area contributed by atoms with Gasteiger partial charge in [-0.05, 0) is 79.4 Å². The fraction of sp³-hybridized carbons (Fsp3) is 0.341. The maximum atomic E-state index is 13.1. The van der Waals surface area contributed by atoms with E-state index in [2.05, 4.69) is 36.2 Å². The molecule has 17 heteroatoms. The number of fused-ring (bicyclic) bond motifs is 2. The molecule has 8 rings (SSSR count). The minimum absolute atomic E-state index is 0.168. The van der Waals surface area contributed by atoms with E-state index in [-0.39, 0.29) is 34.3 Å². The molecule has 316 valence electrons. The van der Waals surface area contributed by atoms with Crippen molar-refractivity contribution in [2.75, 3.05) is 54.5 Å². The fourth-order valence-corrected chi connectivity index (χ4v) is 8.83. The van der Waals surface area contributed by atoms with Gasteiger partial charge < -0.3 is 20.4 Å². The molecule has 2 fully saturated rings. The molecule has 0 aliphatic carbocycles. The standard InChI is InChI=1S/C44H47N9O7S/c1-61(59,60)31-17-11-28(12-18-31)35-8-7-9-36-47-44(50-53(35)36)46-29-13-15-30(16-14-29)51-24-26-52(27-25-51)38(55)10-5-3-2-4-6-23-45-40-32(33-21-22-37(54)48-41(33)56)19-20-34-39(40)43(58)49-42(34)57/h7-9,11-20,33,45H,2-6,10,21-27H2,1H3,(H,46,50)(H,48,54,56)(H,49,57,58). The fourth-order valence-electron chi connectivity index (χ4n) is 8.20. The molecule has 61 heavy (non-hydrogen) atoms. The van der Waals surface area contributed by atoms with Gasteiger partial charge in [-0.25, -0.2) is 12.9 Å². The average molecular weight is 846 g/mol. The number of aromatic nitrogens is 3. The van der Waals surface area contributed by atoms with Crippen molar-refractivity contribution in [2.45, 2.75) is 62.2 Å². The Kier molecular flexibility index (Phi) is 11.8. The highest BCUT2D eigenvalue weighted by Gasteiger charge is 2.36. The van der Waals surface area contributed by atoms with Gasteiger partial charge >= 0.3 is 0 Å². The monoisotopic (exact) mass is 845 g/mol. The summed E-state index contributed by atoms with van der Waals surface area (Å²) in [6, 6.07) is 23.7. The highest BCUT2D eigenvalue weighted by Crippen LogP contribution is 2.36. The van der Waals surface area contributed by atoms with Crippen LogP contribution in [0.3, 0.4) is 0 Å². The lowest BCUT2D eigenvalue weighted by Gasteiger charge is -2.36. The van der Waals surface area contributed by atoms with Gasteiger partial charge in [0.05, 0.1) is 33.3 Å². The highest BCUT2D eigenvalue weighted by molar-refractivity contribution is 7.90. The molecule has 5 aromatic rings. The number of carbonyl (C=O) groups excluding carboxylic acids is 5. The second kappa shape index (κ2) is 17.5. The van der Waals surface area contributed by atoms with Gasteiger partial charge in [0.2, 0.25) is 23.7 Å². The predicted octanol–water partition coefficient (Wildman–Crippen LogP) is 5.05. The number of piperidine rings is 1. The van der Waals surface area contributed by atoms with Crippen LogP contribution in [0, 0.1) is 0 Å². The van der Waals surface area contributed by atoms with Gasteiger partial charge in [0.15, 0.2) is 15.5 Å². The van der Waals surface area contributed by atoms with Crippen molar-refractivity contribution in [3.05, 3.63) is 95.6 Å². The number of imide groups is 2. The molecule has 16 nitrogen and oxygen atoms in total. The molecule has 3 aliphatic rings. The Bertz CT molecular complexity index is 2620. The Hall–Kier alpha value is -6.62. The molecule has 5 amide bonds. The summed E-state index contributed by atoms with van der Waals surface area (Å²) in [5.41, 5.74) is 5.73. The molecule has 1 unspecified atom stereocenters. The van der Waals surface area contributed by atoms with Crippen LogP contribution in [0.1, 0.15) is 83.6 Å². The third kappa shape index (κ3) is 9.11. The van der Waals surface area contributed by atoms with E-state index < -0.39 is 33.5 Å². The smallest absolute Gasteiger partial charge is 0.261 e. The number of carbonyl (C=O) groups is 5. The van der Waals surface area contributed by atoms with Gasteiger partial charge in [-0.1, -0.05) is 43.5 Å². The summed E-state index contributed by atoms with van der Waals surface area (Å²) in [5.74, 6) is -1.69. The van der Waals surface area contributed by atoms with E-state index in [0.29, 0.717) is 55.3 Å². The summed E-state index contributed by atoms with van der Waals surface area (Å²) >= 11 is 0. The maximum Gasteiger partial charge on any atom is 0.261 e. The Balaban J connectivity index is 0.757. The molecule has 4 N–H and O–H groups in total. The Labute approximate surface area is 353 Å². The lowest BCUT2D eigenvalue weighted by atomic mass is 9.87. The number of piperazine rings is 1. The van der Waals surface area contributed by atoms with Crippen molar-refractivity contribution in [3.8, 4) is 11.3 Å². The number of amides is 5. The number of sulfone groups is 1. The molecule has 3 aromatic carbocycles. The van der Waals surface area contributed by atoms with E-state index in [1.165, 1.54) is 6.26 Å². The summed E-state index contributed by atoms with van der Waals surface area (Å²) < 4.78 is 25.5. The number of hydrogen-bond donors (Lipinski definition) is 4. The summed E-state index contributed by atoms with van der Waals surface area (Å²) in [7, 11) is -3.30. The van der Waals surface area contributed by atoms with Gasteiger partial charge in [-0.3, -0.25) is 34.6 Å². The zero-order chi connectivity index (χ0) is 42.7. The first kappa shape index (κ1) is 41.1. The molecule has 0 spiro atoms. The summed E-state index contributed by atoms with van der Waals surface area (Å²) in [5, 5.41) is 16.0. The van der Waals surface area contributed by atoms with Gasteiger partial charge in [0.1, 0.15) is 0 Å². The van der Waals surface area contributed by atoms with Crippen molar-refractivity contribution in [1.29, 1.82) is 0 Å². The second-order valence-corrected chi connectivity index (χ2v) is 17.7. The number of benzene rings is 3. The largest absolute Gasteiger partial charge is 0.384 e. The summed E-state index contributed by atoms with van der Waals surface area (Å²) in [6.07, 6.45) is 6.59. The second-order valence-electron chi connectivity index (χ2n) is 15.6. The number of nitrogens with zero attached hydrogens (tertiary/aromatic N) is 5. The summed E-state index contributed by atoms with van der Waals surface area (Å²) in [4.78, 5) is 71.6. The molecule has 3 aliphatic heterocycles. The van der Waals surface area contributed by atoms with Crippen molar-refractivity contribution in [3.63, 3.8) is 0 Å². The molecule has 5 heterocycles. The van der Waals surface area contributed by atoms with Gasteiger partial charge in [-0.2, -0.15) is 4.98 Å². The van der Waals surface area contributed by atoms with Crippen LogP contribution in [0.4, 0.5) is 23.0 Å². The van der Waals surface area contributed by atoms with Crippen LogP contribution in [0.5, 0.6) is 0 Å². The number of nitrogens with one attached hydrogen (secondary N) is 4. The van der Waals surface area contributed by atoms with Crippen molar-refractivity contribution in [1.82, 2.24) is 30.1 Å². The van der Waals surface area contributed by atoms with Crippen molar-refractivity contribution in [2.24, 2.45) is 0 Å². The Morgan fingerprint density at radius 1 is 0.820 bits per heavy atom. The first-order valence-corrected chi connectivity index (χ1v) is 22.5.